The second kappa shape index (κ2) is 57.1. The van der Waals surface area contributed by atoms with Gasteiger partial charge in [-0.3, -0.25) is 13.8 Å². The highest BCUT2D eigenvalue weighted by Gasteiger charge is 2.25. The number of carbonyl (C=O) groups is 1. The van der Waals surface area contributed by atoms with Gasteiger partial charge in [0.2, 0.25) is 0 Å². The van der Waals surface area contributed by atoms with Gasteiger partial charge in [0.25, 0.3) is 0 Å². The minimum atomic E-state index is -4.30. The summed E-state index contributed by atoms with van der Waals surface area (Å²) < 4.78 is 33.7. The highest BCUT2D eigenvalue weighted by atomic mass is 31.2. The van der Waals surface area contributed by atoms with Crippen molar-refractivity contribution >= 4 is 13.8 Å². The summed E-state index contributed by atoms with van der Waals surface area (Å²) in [6.07, 6.45) is 78.5. The number of esters is 1. The number of nitrogens with two attached hydrogens (primary N) is 1. The molecule has 0 saturated heterocycles. The predicted molar refractivity (Wildman–Crippen MR) is 302 cm³/mol. The van der Waals surface area contributed by atoms with Gasteiger partial charge in [0.1, 0.15) is 6.10 Å². The Morgan fingerprint density at radius 1 is 0.429 bits per heavy atom. The Hall–Kier alpha value is -2.84. The smallest absolute Gasteiger partial charge is 0.457 e. The van der Waals surface area contributed by atoms with E-state index < -0.39 is 13.9 Å². The van der Waals surface area contributed by atoms with Gasteiger partial charge in [0.05, 0.1) is 19.8 Å². The highest BCUT2D eigenvalue weighted by Crippen LogP contribution is 2.43. The van der Waals surface area contributed by atoms with Crippen LogP contribution in [0, 0.1) is 0 Å². The molecule has 9 heteroatoms. The van der Waals surface area contributed by atoms with Crippen LogP contribution in [-0.4, -0.2) is 49.9 Å². The van der Waals surface area contributed by atoms with E-state index in [0.717, 1.165) is 96.3 Å². The van der Waals surface area contributed by atoms with Gasteiger partial charge >= 0.3 is 13.8 Å². The van der Waals surface area contributed by atoms with Crippen LogP contribution in [0.25, 0.3) is 0 Å². The van der Waals surface area contributed by atoms with E-state index in [9.17, 15) is 14.3 Å². The number of hydrogen-bond donors (Lipinski definition) is 2. The minimum Gasteiger partial charge on any atom is -0.457 e. The molecule has 0 aromatic carbocycles. The molecule has 2 atom stereocenters. The summed E-state index contributed by atoms with van der Waals surface area (Å²) in [7, 11) is -4.30. The molecule has 0 rings (SSSR count). The predicted octanol–water partition coefficient (Wildman–Crippen LogP) is 18.3. The first-order chi connectivity index (χ1) is 34.4. The number of phosphoric ester groups is 1. The Morgan fingerprint density at radius 3 is 1.13 bits per heavy atom. The second-order valence-corrected chi connectivity index (χ2v) is 19.8. The number of carbonyl (C=O) groups excluding carboxylic acids is 1. The third-order valence-electron chi connectivity index (χ3n) is 11.7. The van der Waals surface area contributed by atoms with Gasteiger partial charge in [-0.1, -0.05) is 239 Å². The Morgan fingerprint density at radius 2 is 0.757 bits per heavy atom. The summed E-state index contributed by atoms with van der Waals surface area (Å²) in [5.41, 5.74) is 5.40. The molecule has 0 aliphatic rings. The van der Waals surface area contributed by atoms with Gasteiger partial charge in [-0.25, -0.2) is 4.57 Å². The molecule has 0 spiro atoms. The summed E-state index contributed by atoms with van der Waals surface area (Å²) in [5.74, 6) is -0.339. The van der Waals surface area contributed by atoms with Crippen LogP contribution < -0.4 is 5.73 Å². The lowest BCUT2D eigenvalue weighted by atomic mass is 10.0. The number of ether oxygens (including phenoxy) is 2. The average molecular weight is 996 g/mol. The summed E-state index contributed by atoms with van der Waals surface area (Å²) in [5, 5.41) is 0. The van der Waals surface area contributed by atoms with Crippen molar-refractivity contribution in [2.45, 2.75) is 238 Å². The maximum atomic E-state index is 12.7. The number of unbranched alkanes of at least 4 members (excludes halogenated alkanes) is 22. The Balaban J connectivity index is 3.93. The van der Waals surface area contributed by atoms with Crippen molar-refractivity contribution in [1.82, 2.24) is 0 Å². The lowest BCUT2D eigenvalue weighted by molar-refractivity contribution is -0.154. The fourth-order valence-corrected chi connectivity index (χ4v) is 8.37. The Labute approximate surface area is 431 Å². The van der Waals surface area contributed by atoms with Crippen molar-refractivity contribution < 1.29 is 32.8 Å². The van der Waals surface area contributed by atoms with E-state index in [1.54, 1.807) is 0 Å². The maximum absolute atomic E-state index is 12.7. The van der Waals surface area contributed by atoms with E-state index in [1.165, 1.54) is 116 Å². The fraction of sp³-hybridized carbons (Fsp3) is 0.689. The van der Waals surface area contributed by atoms with Gasteiger partial charge in [-0.05, 0) is 96.3 Å². The SMILES string of the molecule is CC/C=C\C/C=C\C/C=C\C/C=C\C/C=C\CCCCCCCCCCCC(=O)OC(COCCCCCCCCCCCCCCC/C=C\C/C=C\C/C=C\C/C=C\CC)COP(=O)(O)OCCN. The van der Waals surface area contributed by atoms with Crippen molar-refractivity contribution in [2.75, 3.05) is 33.0 Å². The van der Waals surface area contributed by atoms with Crippen molar-refractivity contribution in [3.63, 3.8) is 0 Å². The lowest BCUT2D eigenvalue weighted by Gasteiger charge is -2.20. The molecule has 3 N–H and O–H groups in total. The fourth-order valence-electron chi connectivity index (χ4n) is 7.60. The third-order valence-corrected chi connectivity index (χ3v) is 12.7. The highest BCUT2D eigenvalue weighted by molar-refractivity contribution is 7.47. The van der Waals surface area contributed by atoms with Crippen LogP contribution in [0.5, 0.6) is 0 Å². The maximum Gasteiger partial charge on any atom is 0.472 e. The Bertz CT molecular complexity index is 1440. The van der Waals surface area contributed by atoms with Crippen molar-refractivity contribution in [3.05, 3.63) is 109 Å². The van der Waals surface area contributed by atoms with Gasteiger partial charge in [-0.2, -0.15) is 0 Å². The van der Waals surface area contributed by atoms with Crippen LogP contribution >= 0.6 is 7.82 Å². The van der Waals surface area contributed by atoms with Gasteiger partial charge in [0.15, 0.2) is 0 Å². The van der Waals surface area contributed by atoms with Crippen LogP contribution in [0.1, 0.15) is 232 Å². The van der Waals surface area contributed by atoms with Gasteiger partial charge in [-0.15, -0.1) is 0 Å². The van der Waals surface area contributed by atoms with E-state index in [2.05, 4.69) is 123 Å². The summed E-state index contributed by atoms with van der Waals surface area (Å²) in [4.78, 5) is 22.7. The minimum absolute atomic E-state index is 0.0941. The molecule has 0 saturated carbocycles. The molecular formula is C61H106NO7P. The Kier molecular flexibility index (Phi) is 54.8. The first-order valence-corrected chi connectivity index (χ1v) is 29.9. The summed E-state index contributed by atoms with van der Waals surface area (Å²) in [6.45, 7) is 4.69. The number of allylic oxidation sites excluding steroid dienone is 18. The second-order valence-electron chi connectivity index (χ2n) is 18.4. The molecule has 0 amide bonds. The average Bonchev–Trinajstić information content (AvgIpc) is 3.35. The molecule has 0 fully saturated rings. The molecule has 0 aliphatic carbocycles. The number of rotatable bonds is 53. The van der Waals surface area contributed by atoms with E-state index in [-0.39, 0.29) is 32.3 Å². The first kappa shape index (κ1) is 67.2. The monoisotopic (exact) mass is 996 g/mol. The molecule has 0 heterocycles. The molecule has 0 aromatic rings. The van der Waals surface area contributed by atoms with Crippen LogP contribution in [0.3, 0.4) is 0 Å². The number of phosphoric acid groups is 1. The lowest BCUT2D eigenvalue weighted by Crippen LogP contribution is -2.28. The molecule has 70 heavy (non-hydrogen) atoms. The summed E-state index contributed by atoms with van der Waals surface area (Å²) >= 11 is 0. The zero-order chi connectivity index (χ0) is 50.8. The van der Waals surface area contributed by atoms with E-state index in [0.29, 0.717) is 13.0 Å². The van der Waals surface area contributed by atoms with E-state index in [4.69, 9.17) is 24.3 Å². The zero-order valence-corrected chi connectivity index (χ0v) is 45.9. The van der Waals surface area contributed by atoms with Crippen LogP contribution in [-0.2, 0) is 27.9 Å². The van der Waals surface area contributed by atoms with Gasteiger partial charge in [0, 0.05) is 19.6 Å². The molecule has 0 radical (unpaired) electrons. The number of hydrogen-bond acceptors (Lipinski definition) is 7. The zero-order valence-electron chi connectivity index (χ0n) is 45.0. The van der Waals surface area contributed by atoms with Gasteiger partial charge < -0.3 is 20.1 Å². The quantitative estimate of drug-likeness (QED) is 0.0268. The van der Waals surface area contributed by atoms with Crippen LogP contribution in [0.15, 0.2) is 109 Å². The summed E-state index contributed by atoms with van der Waals surface area (Å²) in [6, 6.07) is 0. The molecule has 0 aromatic heterocycles. The van der Waals surface area contributed by atoms with Crippen LogP contribution in [0.2, 0.25) is 0 Å². The van der Waals surface area contributed by atoms with Crippen molar-refractivity contribution in [1.29, 1.82) is 0 Å². The third kappa shape index (κ3) is 56.1. The molecule has 0 bridgehead atoms. The molecule has 2 unspecified atom stereocenters. The molecular weight excluding hydrogens is 890 g/mol. The van der Waals surface area contributed by atoms with E-state index in [1.807, 2.05) is 0 Å². The normalized spacial score (nSPS) is 14.1. The van der Waals surface area contributed by atoms with Crippen LogP contribution in [0.4, 0.5) is 0 Å². The molecule has 8 nitrogen and oxygen atoms in total. The standard InChI is InChI=1S/C61H106NO7P/c1-3-5-7-9-11-13-15-17-19-21-23-25-27-29-31-33-35-37-39-41-43-45-47-49-51-53-56-66-58-60(59-68-70(64,65)67-57-55-62)69-61(63)54-52-50-48-46-44-42-40-38-36-34-32-30-28-26-24-22-20-18-16-14-12-10-8-6-4-2/h5-8,11-14,17-20,23-26,30,32,60H,3-4,9-10,15-16,21-22,27-29,31,33-59,62H2,1-2H3,(H,64,65)/b7-5-,8-6-,13-11-,14-12-,19-17-,20-18-,25-23-,26-24-,32-30-. The van der Waals surface area contributed by atoms with Crippen molar-refractivity contribution in [2.24, 2.45) is 5.73 Å². The molecule has 402 valence electrons. The molecule has 0 aliphatic heterocycles. The van der Waals surface area contributed by atoms with Crippen molar-refractivity contribution in [3.8, 4) is 0 Å². The largest absolute Gasteiger partial charge is 0.472 e. The topological polar surface area (TPSA) is 117 Å². The van der Waals surface area contributed by atoms with E-state index >= 15 is 0 Å². The first-order valence-electron chi connectivity index (χ1n) is 28.4.